The fourth-order valence-electron chi connectivity index (χ4n) is 1.30. The molecule has 0 bridgehead atoms. The SMILES string of the molecule is O=P#C[C@H]1CCN[C@@H](C(=O)O)C1. The topological polar surface area (TPSA) is 66.4 Å². The summed E-state index contributed by atoms with van der Waals surface area (Å²) in [5, 5.41) is 11.5. The molecule has 2 atom stereocenters. The third-order valence-electron chi connectivity index (χ3n) is 1.94. The molecule has 0 unspecified atom stereocenters. The van der Waals surface area contributed by atoms with E-state index in [1.807, 2.05) is 0 Å². The van der Waals surface area contributed by atoms with Crippen LogP contribution in [-0.2, 0) is 9.36 Å². The van der Waals surface area contributed by atoms with E-state index in [0.29, 0.717) is 13.0 Å². The van der Waals surface area contributed by atoms with Crippen molar-refractivity contribution in [3.63, 3.8) is 0 Å². The van der Waals surface area contributed by atoms with Gasteiger partial charge in [-0.05, 0) is 0 Å². The summed E-state index contributed by atoms with van der Waals surface area (Å²) in [6, 6.07) is -0.502. The van der Waals surface area contributed by atoms with Crippen molar-refractivity contribution in [2.45, 2.75) is 18.9 Å². The Morgan fingerprint density at radius 2 is 2.42 bits per heavy atom. The number of hydrogen-bond acceptors (Lipinski definition) is 3. The maximum absolute atomic E-state index is 10.5. The first-order valence-electron chi connectivity index (χ1n) is 3.78. The molecule has 5 heteroatoms. The summed E-state index contributed by atoms with van der Waals surface area (Å²) in [5.74, 6) is -0.796. The van der Waals surface area contributed by atoms with Crippen LogP contribution < -0.4 is 5.32 Å². The summed E-state index contributed by atoms with van der Waals surface area (Å²) < 4.78 is 10.2. The minimum absolute atomic E-state index is 0.0477. The molecule has 1 saturated heterocycles. The Hall–Kier alpha value is -0.560. The van der Waals surface area contributed by atoms with Crippen LogP contribution in [0.4, 0.5) is 0 Å². The Morgan fingerprint density at radius 3 is 3.00 bits per heavy atom. The Labute approximate surface area is 71.5 Å². The van der Waals surface area contributed by atoms with Gasteiger partial charge in [-0.15, -0.1) is 0 Å². The Bertz CT molecular complexity index is 271. The second kappa shape index (κ2) is 4.46. The predicted molar refractivity (Wildman–Crippen MR) is 43.6 cm³/mol. The average molecular weight is 187 g/mol. The maximum atomic E-state index is 10.5. The van der Waals surface area contributed by atoms with Crippen LogP contribution in [0, 0.1) is 11.5 Å². The summed E-state index contributed by atoms with van der Waals surface area (Å²) in [6.07, 6.45) is 1.31. The van der Waals surface area contributed by atoms with Gasteiger partial charge < -0.3 is 0 Å². The number of carbonyl (C=O) groups is 1. The van der Waals surface area contributed by atoms with Gasteiger partial charge in [-0.25, -0.2) is 0 Å². The minimum atomic E-state index is -0.843. The first-order chi connectivity index (χ1) is 5.74. The molecule has 0 radical (unpaired) electrons. The molecule has 4 nitrogen and oxygen atoms in total. The summed E-state index contributed by atoms with van der Waals surface area (Å²) in [7, 11) is -0.124. The number of aliphatic carboxylic acids is 1. The van der Waals surface area contributed by atoms with Crippen molar-refractivity contribution in [3.8, 4) is 5.63 Å². The number of hydrogen-bond donors (Lipinski definition) is 2. The van der Waals surface area contributed by atoms with Gasteiger partial charge in [0.1, 0.15) is 0 Å². The molecule has 0 saturated carbocycles. The number of piperidine rings is 1. The molecule has 0 amide bonds. The molecule has 0 aromatic carbocycles. The molecule has 1 rings (SSSR count). The summed E-state index contributed by atoms with van der Waals surface area (Å²) >= 11 is 0. The predicted octanol–water partition coefficient (Wildman–Crippen LogP) is 0.690. The molecule has 12 heavy (non-hydrogen) atoms. The van der Waals surface area contributed by atoms with Crippen molar-refractivity contribution in [2.24, 2.45) is 5.92 Å². The molecule has 0 spiro atoms. The van der Waals surface area contributed by atoms with Crippen LogP contribution in [0.1, 0.15) is 12.8 Å². The van der Waals surface area contributed by atoms with E-state index in [-0.39, 0.29) is 13.8 Å². The average Bonchev–Trinajstić information content (AvgIpc) is 2.05. The fourth-order valence-corrected chi connectivity index (χ4v) is 1.68. The molecule has 66 valence electrons. The summed E-state index contributed by atoms with van der Waals surface area (Å²) in [5.41, 5.74) is 2.68. The van der Waals surface area contributed by atoms with Crippen molar-refractivity contribution in [2.75, 3.05) is 6.54 Å². The molecule has 1 aliphatic rings. The summed E-state index contributed by atoms with van der Waals surface area (Å²) in [4.78, 5) is 10.5. The molecule has 1 aliphatic heterocycles. The van der Waals surface area contributed by atoms with Crippen molar-refractivity contribution >= 4 is 13.9 Å². The second-order valence-electron chi connectivity index (χ2n) is 2.79. The second-order valence-corrected chi connectivity index (χ2v) is 3.23. The zero-order valence-corrected chi connectivity index (χ0v) is 7.38. The van der Waals surface area contributed by atoms with Crippen LogP contribution in [0.15, 0.2) is 0 Å². The molecular formula is C7H10NO3P. The van der Waals surface area contributed by atoms with Crippen LogP contribution >= 0.6 is 7.92 Å². The van der Waals surface area contributed by atoms with Gasteiger partial charge >= 0.3 is 70.6 Å². The van der Waals surface area contributed by atoms with Gasteiger partial charge in [-0.3, -0.25) is 0 Å². The van der Waals surface area contributed by atoms with Crippen LogP contribution in [0.2, 0.25) is 0 Å². The first-order valence-corrected chi connectivity index (χ1v) is 4.59. The Balaban J connectivity index is 2.55. The van der Waals surface area contributed by atoms with E-state index < -0.39 is 12.0 Å². The van der Waals surface area contributed by atoms with E-state index in [4.69, 9.17) is 5.11 Å². The fraction of sp³-hybridized carbons (Fsp3) is 0.714. The molecule has 0 aromatic rings. The first kappa shape index (κ1) is 9.53. The number of carboxylic acid groups (broad SMARTS) is 1. The Morgan fingerprint density at radius 1 is 1.67 bits per heavy atom. The molecule has 0 aliphatic carbocycles. The van der Waals surface area contributed by atoms with E-state index >= 15 is 0 Å². The van der Waals surface area contributed by atoms with Crippen molar-refractivity contribution in [1.82, 2.24) is 5.32 Å². The van der Waals surface area contributed by atoms with Crippen molar-refractivity contribution in [1.29, 1.82) is 0 Å². The quantitative estimate of drug-likeness (QED) is 0.592. The van der Waals surface area contributed by atoms with Gasteiger partial charge in [0.25, 0.3) is 0 Å². The molecule has 1 fully saturated rings. The van der Waals surface area contributed by atoms with Gasteiger partial charge in [-0.1, -0.05) is 0 Å². The van der Waals surface area contributed by atoms with Crippen LogP contribution in [0.5, 0.6) is 0 Å². The number of carboxylic acids is 1. The molecular weight excluding hydrogens is 177 g/mol. The molecule has 1 heterocycles. The molecule has 0 aromatic heterocycles. The van der Waals surface area contributed by atoms with Crippen LogP contribution in [0.3, 0.4) is 0 Å². The third kappa shape index (κ3) is 2.49. The number of nitrogens with one attached hydrogen (secondary N) is 1. The van der Waals surface area contributed by atoms with E-state index in [1.165, 1.54) is 0 Å². The Kier molecular flexibility index (Phi) is 3.54. The third-order valence-corrected chi connectivity index (χ3v) is 2.41. The van der Waals surface area contributed by atoms with Gasteiger partial charge in [0.2, 0.25) is 0 Å². The van der Waals surface area contributed by atoms with Crippen LogP contribution in [0.25, 0.3) is 0 Å². The summed E-state index contributed by atoms with van der Waals surface area (Å²) in [6.45, 7) is 0.657. The van der Waals surface area contributed by atoms with Gasteiger partial charge in [-0.2, -0.15) is 0 Å². The zero-order chi connectivity index (χ0) is 8.97. The van der Waals surface area contributed by atoms with E-state index in [1.54, 1.807) is 0 Å². The van der Waals surface area contributed by atoms with Gasteiger partial charge in [0.15, 0.2) is 0 Å². The van der Waals surface area contributed by atoms with E-state index in [0.717, 1.165) is 6.42 Å². The van der Waals surface area contributed by atoms with E-state index in [2.05, 4.69) is 10.9 Å². The van der Waals surface area contributed by atoms with Crippen LogP contribution in [-0.4, -0.2) is 23.7 Å². The standard InChI is InChI=1S/C7H10NO3P/c9-7(10)6-3-5(4-12-11)1-2-8-6/h5-6,8H,1-3H2,(H,9,10)/t5-,6+/m0/s1. The van der Waals surface area contributed by atoms with Gasteiger partial charge in [0, 0.05) is 0 Å². The van der Waals surface area contributed by atoms with Gasteiger partial charge in [0.05, 0.1) is 0 Å². The normalized spacial score (nSPS) is 29.0. The van der Waals surface area contributed by atoms with E-state index in [9.17, 15) is 9.36 Å². The zero-order valence-electron chi connectivity index (χ0n) is 6.49. The monoisotopic (exact) mass is 187 g/mol. The number of rotatable bonds is 1. The van der Waals surface area contributed by atoms with Crippen molar-refractivity contribution < 1.29 is 14.5 Å². The van der Waals surface area contributed by atoms with Crippen molar-refractivity contribution in [3.05, 3.63) is 0 Å². The molecule has 2 N–H and O–H groups in total.